The second-order valence-corrected chi connectivity index (χ2v) is 8.49. The molecule has 4 heteroatoms. The van der Waals surface area contributed by atoms with Gasteiger partial charge in [-0.15, -0.1) is 0 Å². The molecule has 0 atom stereocenters. The van der Waals surface area contributed by atoms with E-state index in [4.69, 9.17) is 0 Å². The zero-order valence-corrected chi connectivity index (χ0v) is 16.6. The molecule has 4 rings (SSSR count). The Morgan fingerprint density at radius 3 is 2.62 bits per heavy atom. The van der Waals surface area contributed by atoms with Crippen LogP contribution in [0.5, 0.6) is 5.75 Å². The fraction of sp³-hybridized carbons (Fsp3) is 0.360. The van der Waals surface area contributed by atoms with E-state index in [-0.39, 0.29) is 34.5 Å². The fourth-order valence-corrected chi connectivity index (χ4v) is 4.70. The number of carbonyl (C=O) groups is 2. The van der Waals surface area contributed by atoms with Gasteiger partial charge in [0.05, 0.1) is 5.57 Å². The number of halogens is 1. The minimum Gasteiger partial charge on any atom is -0.508 e. The third kappa shape index (κ3) is 3.64. The zero-order valence-electron chi connectivity index (χ0n) is 16.6. The molecule has 0 unspecified atom stereocenters. The van der Waals surface area contributed by atoms with Crippen molar-refractivity contribution in [2.75, 3.05) is 0 Å². The highest BCUT2D eigenvalue weighted by atomic mass is 19.1. The number of hydrogen-bond donors (Lipinski definition) is 1. The molecule has 0 heterocycles. The van der Waals surface area contributed by atoms with E-state index in [0.29, 0.717) is 17.5 Å². The predicted molar refractivity (Wildman–Crippen MR) is 110 cm³/mol. The molecule has 150 valence electrons. The standard InChI is InChI=1S/C25H25FO3/c1-25(11-5-2-6-12-25)20-15-21(26)17(14-23(20)28)13-22(27)19-10-9-16-7-3-4-8-18(16)24(19)29/h3-4,7-8,10,14-15,28H,2,5-6,9,11-13H2,1H3. The minimum absolute atomic E-state index is 0.0351. The molecule has 0 radical (unpaired) electrons. The highest BCUT2D eigenvalue weighted by Gasteiger charge is 2.32. The topological polar surface area (TPSA) is 54.4 Å². The van der Waals surface area contributed by atoms with Gasteiger partial charge in [-0.1, -0.05) is 56.5 Å². The van der Waals surface area contributed by atoms with Crippen LogP contribution in [0.3, 0.4) is 0 Å². The molecule has 2 aromatic carbocycles. The summed E-state index contributed by atoms with van der Waals surface area (Å²) in [6.45, 7) is 2.06. The predicted octanol–water partition coefficient (Wildman–Crippen LogP) is 5.23. The maximum atomic E-state index is 14.9. The zero-order chi connectivity index (χ0) is 20.6. The smallest absolute Gasteiger partial charge is 0.196 e. The summed E-state index contributed by atoms with van der Waals surface area (Å²) in [5.74, 6) is -1.19. The average molecular weight is 392 g/mol. The van der Waals surface area contributed by atoms with E-state index in [1.165, 1.54) is 12.1 Å². The number of benzene rings is 2. The van der Waals surface area contributed by atoms with E-state index in [1.54, 1.807) is 18.2 Å². The van der Waals surface area contributed by atoms with Crippen LogP contribution in [-0.4, -0.2) is 16.7 Å². The highest BCUT2D eigenvalue weighted by molar-refractivity contribution is 6.27. The molecule has 2 aliphatic carbocycles. The first kappa shape index (κ1) is 19.6. The largest absolute Gasteiger partial charge is 0.508 e. The molecule has 2 aliphatic rings. The van der Waals surface area contributed by atoms with Crippen molar-refractivity contribution in [3.05, 3.63) is 76.1 Å². The lowest BCUT2D eigenvalue weighted by molar-refractivity contribution is -0.114. The van der Waals surface area contributed by atoms with Crippen LogP contribution in [-0.2, 0) is 23.1 Å². The molecule has 0 spiro atoms. The molecule has 29 heavy (non-hydrogen) atoms. The monoisotopic (exact) mass is 392 g/mol. The summed E-state index contributed by atoms with van der Waals surface area (Å²) in [5, 5.41) is 10.6. The lowest BCUT2D eigenvalue weighted by Gasteiger charge is -2.34. The van der Waals surface area contributed by atoms with Crippen LogP contribution < -0.4 is 0 Å². The highest BCUT2D eigenvalue weighted by Crippen LogP contribution is 2.43. The van der Waals surface area contributed by atoms with Crippen molar-refractivity contribution >= 4 is 11.6 Å². The summed E-state index contributed by atoms with van der Waals surface area (Å²) in [6.07, 6.45) is 7.02. The maximum Gasteiger partial charge on any atom is 0.196 e. The Hall–Kier alpha value is -2.75. The Morgan fingerprint density at radius 2 is 1.86 bits per heavy atom. The number of ketones is 2. The summed E-state index contributed by atoms with van der Waals surface area (Å²) < 4.78 is 14.9. The number of phenolic OH excluding ortho intramolecular Hbond substituents is 1. The van der Waals surface area contributed by atoms with E-state index in [9.17, 15) is 19.1 Å². The Labute approximate surface area is 170 Å². The normalized spacial score (nSPS) is 18.1. The number of fused-ring (bicyclic) bond motifs is 1. The number of phenols is 1. The van der Waals surface area contributed by atoms with Gasteiger partial charge in [0, 0.05) is 17.5 Å². The molecule has 1 fully saturated rings. The van der Waals surface area contributed by atoms with Crippen molar-refractivity contribution in [2.24, 2.45) is 0 Å². The van der Waals surface area contributed by atoms with E-state index >= 15 is 0 Å². The van der Waals surface area contributed by atoms with Gasteiger partial charge in [0.2, 0.25) is 0 Å². The van der Waals surface area contributed by atoms with Crippen molar-refractivity contribution in [1.82, 2.24) is 0 Å². The molecule has 0 aromatic heterocycles. The van der Waals surface area contributed by atoms with Crippen molar-refractivity contribution in [3.8, 4) is 5.75 Å². The quantitative estimate of drug-likeness (QED) is 0.725. The van der Waals surface area contributed by atoms with Crippen molar-refractivity contribution in [1.29, 1.82) is 0 Å². The number of Topliss-reactive ketones (excluding diaryl/α,β-unsaturated/α-hetero) is 2. The van der Waals surface area contributed by atoms with Crippen molar-refractivity contribution < 1.29 is 19.1 Å². The molecule has 1 saturated carbocycles. The van der Waals surface area contributed by atoms with Crippen LogP contribution in [0.25, 0.3) is 0 Å². The van der Waals surface area contributed by atoms with Gasteiger partial charge in [0.15, 0.2) is 11.6 Å². The molecule has 3 nitrogen and oxygen atoms in total. The first-order chi connectivity index (χ1) is 13.9. The second kappa shape index (κ2) is 7.58. The van der Waals surface area contributed by atoms with Gasteiger partial charge in [-0.25, -0.2) is 4.39 Å². The minimum atomic E-state index is -0.498. The molecular weight excluding hydrogens is 367 g/mol. The molecule has 0 aliphatic heterocycles. The van der Waals surface area contributed by atoms with Gasteiger partial charge in [-0.05, 0) is 47.9 Å². The summed E-state index contributed by atoms with van der Waals surface area (Å²) >= 11 is 0. The Balaban J connectivity index is 1.57. The van der Waals surface area contributed by atoms with Gasteiger partial charge in [0.25, 0.3) is 0 Å². The van der Waals surface area contributed by atoms with E-state index in [2.05, 4.69) is 6.92 Å². The van der Waals surface area contributed by atoms with Crippen LogP contribution in [0.15, 0.2) is 48.0 Å². The SMILES string of the molecule is CC1(c2cc(F)c(CC(=O)C3=CCc4ccccc4C3=O)cc2O)CCCCC1. The summed E-state index contributed by atoms with van der Waals surface area (Å²) in [6, 6.07) is 9.96. The third-order valence-electron chi connectivity index (χ3n) is 6.46. The lowest BCUT2D eigenvalue weighted by Crippen LogP contribution is -2.25. The number of aromatic hydroxyl groups is 1. The number of allylic oxidation sites excluding steroid dienone is 2. The Bertz CT molecular complexity index is 1010. The van der Waals surface area contributed by atoms with Gasteiger partial charge in [-0.3, -0.25) is 9.59 Å². The molecule has 0 saturated heterocycles. The summed E-state index contributed by atoms with van der Waals surface area (Å²) in [5.41, 5.74) is 2.03. The lowest BCUT2D eigenvalue weighted by atomic mass is 9.70. The first-order valence-corrected chi connectivity index (χ1v) is 10.3. The molecule has 0 amide bonds. The van der Waals surface area contributed by atoms with Crippen molar-refractivity contribution in [2.45, 2.75) is 57.3 Å². The second-order valence-electron chi connectivity index (χ2n) is 8.49. The van der Waals surface area contributed by atoms with Crippen LogP contribution in [0.4, 0.5) is 4.39 Å². The number of rotatable bonds is 4. The molecule has 0 bridgehead atoms. The van der Waals surface area contributed by atoms with E-state index in [1.807, 2.05) is 12.1 Å². The van der Waals surface area contributed by atoms with Crippen LogP contribution in [0.1, 0.15) is 66.1 Å². The Morgan fingerprint density at radius 1 is 1.14 bits per heavy atom. The Kier molecular flexibility index (Phi) is 5.12. The number of hydrogen-bond acceptors (Lipinski definition) is 3. The van der Waals surface area contributed by atoms with Crippen LogP contribution >= 0.6 is 0 Å². The van der Waals surface area contributed by atoms with E-state index < -0.39 is 11.6 Å². The van der Waals surface area contributed by atoms with Crippen LogP contribution in [0.2, 0.25) is 0 Å². The average Bonchev–Trinajstić information content (AvgIpc) is 2.71. The van der Waals surface area contributed by atoms with Crippen molar-refractivity contribution in [3.63, 3.8) is 0 Å². The molecule has 2 aromatic rings. The summed E-state index contributed by atoms with van der Waals surface area (Å²) in [7, 11) is 0. The molecule has 1 N–H and O–H groups in total. The first-order valence-electron chi connectivity index (χ1n) is 10.3. The fourth-order valence-electron chi connectivity index (χ4n) is 4.70. The summed E-state index contributed by atoms with van der Waals surface area (Å²) in [4.78, 5) is 25.4. The van der Waals surface area contributed by atoms with Crippen LogP contribution in [0, 0.1) is 5.82 Å². The van der Waals surface area contributed by atoms with E-state index in [0.717, 1.165) is 37.7 Å². The third-order valence-corrected chi connectivity index (χ3v) is 6.46. The molecular formula is C25H25FO3. The van der Waals surface area contributed by atoms with Gasteiger partial charge < -0.3 is 5.11 Å². The van der Waals surface area contributed by atoms with Gasteiger partial charge >= 0.3 is 0 Å². The van der Waals surface area contributed by atoms with Gasteiger partial charge in [0.1, 0.15) is 11.6 Å². The number of carbonyl (C=O) groups excluding carboxylic acids is 2. The maximum absolute atomic E-state index is 14.9. The van der Waals surface area contributed by atoms with Gasteiger partial charge in [-0.2, -0.15) is 0 Å².